The lowest BCUT2D eigenvalue weighted by Gasteiger charge is -2.27. The molecule has 1 aromatic heterocycles. The molecule has 3 aromatic rings. The highest BCUT2D eigenvalue weighted by Gasteiger charge is 2.21. The van der Waals surface area contributed by atoms with E-state index in [0.717, 1.165) is 25.9 Å². The van der Waals surface area contributed by atoms with Crippen LogP contribution in [0.4, 0.5) is 0 Å². The molecule has 158 valence electrons. The highest BCUT2D eigenvalue weighted by atomic mass is 16.5. The van der Waals surface area contributed by atoms with Crippen molar-refractivity contribution in [3.8, 4) is 28.4 Å². The third kappa shape index (κ3) is 3.63. The van der Waals surface area contributed by atoms with Crippen LogP contribution in [-0.4, -0.2) is 37.3 Å². The molecule has 1 fully saturated rings. The number of fused-ring (bicyclic) bond motifs is 1. The maximum Gasteiger partial charge on any atom is 0.200 e. The van der Waals surface area contributed by atoms with Gasteiger partial charge in [-0.3, -0.25) is 9.69 Å². The Kier molecular flexibility index (Phi) is 5.68. The number of aryl methyl sites for hydroxylation is 1. The zero-order valence-electron chi connectivity index (χ0n) is 17.7. The molecule has 0 bridgehead atoms. The van der Waals surface area contributed by atoms with Gasteiger partial charge in [-0.2, -0.15) is 0 Å². The molecule has 1 saturated heterocycles. The summed E-state index contributed by atoms with van der Waals surface area (Å²) < 4.78 is 16.8. The summed E-state index contributed by atoms with van der Waals surface area (Å²) in [4.78, 5) is 15.7. The minimum Gasteiger partial charge on any atom is -0.507 e. The van der Waals surface area contributed by atoms with E-state index in [1.165, 1.54) is 6.42 Å². The fourth-order valence-corrected chi connectivity index (χ4v) is 4.23. The summed E-state index contributed by atoms with van der Waals surface area (Å²) in [6.07, 6.45) is 3.54. The van der Waals surface area contributed by atoms with Gasteiger partial charge < -0.3 is 19.0 Å². The van der Waals surface area contributed by atoms with E-state index in [1.54, 1.807) is 45.4 Å². The minimum absolute atomic E-state index is 0.124. The molecule has 0 spiro atoms. The van der Waals surface area contributed by atoms with E-state index in [1.807, 2.05) is 6.07 Å². The van der Waals surface area contributed by atoms with Crippen LogP contribution >= 0.6 is 0 Å². The number of phenols is 1. The standard InChI is InChI=1S/C24H27NO5/c1-15-22(16-7-10-20(28-2)21(13-16)29-3)23(27)17-8-9-19(26)18(24(17)30-15)14-25-11-5-4-6-12-25/h7-10,13,26H,4-6,11-12,14H2,1-3H3. The van der Waals surface area contributed by atoms with Crippen LogP contribution < -0.4 is 14.9 Å². The van der Waals surface area contributed by atoms with Gasteiger partial charge in [0.05, 0.1) is 30.7 Å². The number of ether oxygens (including phenoxy) is 2. The van der Waals surface area contributed by atoms with E-state index in [9.17, 15) is 9.90 Å². The molecule has 1 N–H and O–H groups in total. The van der Waals surface area contributed by atoms with E-state index >= 15 is 0 Å². The first-order valence-corrected chi connectivity index (χ1v) is 10.3. The first-order chi connectivity index (χ1) is 14.5. The van der Waals surface area contributed by atoms with Gasteiger partial charge in [-0.15, -0.1) is 0 Å². The molecular formula is C24H27NO5. The molecule has 6 nitrogen and oxygen atoms in total. The summed E-state index contributed by atoms with van der Waals surface area (Å²) >= 11 is 0. The van der Waals surface area contributed by atoms with Gasteiger partial charge in [0.2, 0.25) is 5.43 Å². The van der Waals surface area contributed by atoms with Crippen LogP contribution in [0.25, 0.3) is 22.1 Å². The first-order valence-electron chi connectivity index (χ1n) is 10.3. The van der Waals surface area contributed by atoms with Crippen molar-refractivity contribution in [1.29, 1.82) is 0 Å². The van der Waals surface area contributed by atoms with E-state index in [0.29, 0.717) is 51.5 Å². The molecule has 0 amide bonds. The Morgan fingerprint density at radius 2 is 1.77 bits per heavy atom. The number of hydrogen-bond acceptors (Lipinski definition) is 6. The van der Waals surface area contributed by atoms with Crippen LogP contribution in [0.15, 0.2) is 39.5 Å². The average molecular weight is 409 g/mol. The summed E-state index contributed by atoms with van der Waals surface area (Å²) in [6.45, 7) is 4.33. The summed E-state index contributed by atoms with van der Waals surface area (Å²) in [6, 6.07) is 8.60. The second-order valence-corrected chi connectivity index (χ2v) is 7.71. The second-order valence-electron chi connectivity index (χ2n) is 7.71. The number of hydrogen-bond donors (Lipinski definition) is 1. The second kappa shape index (κ2) is 8.40. The van der Waals surface area contributed by atoms with Gasteiger partial charge in [0, 0.05) is 6.54 Å². The predicted molar refractivity (Wildman–Crippen MR) is 117 cm³/mol. The van der Waals surface area contributed by atoms with Crippen LogP contribution in [-0.2, 0) is 6.54 Å². The van der Waals surface area contributed by atoms with E-state index in [-0.39, 0.29) is 11.2 Å². The van der Waals surface area contributed by atoms with Gasteiger partial charge in [0.25, 0.3) is 0 Å². The molecule has 30 heavy (non-hydrogen) atoms. The zero-order chi connectivity index (χ0) is 21.3. The van der Waals surface area contributed by atoms with Crippen molar-refractivity contribution in [2.45, 2.75) is 32.7 Å². The molecule has 0 aliphatic carbocycles. The van der Waals surface area contributed by atoms with Crippen LogP contribution in [0.3, 0.4) is 0 Å². The summed E-state index contributed by atoms with van der Waals surface area (Å²) in [5.41, 5.74) is 2.20. The average Bonchev–Trinajstić information content (AvgIpc) is 2.76. The van der Waals surface area contributed by atoms with E-state index < -0.39 is 0 Å². The van der Waals surface area contributed by atoms with Crippen molar-refractivity contribution in [2.24, 2.45) is 0 Å². The predicted octanol–water partition coefficient (Wildman–Crippen LogP) is 4.48. The quantitative estimate of drug-likeness (QED) is 0.670. The molecule has 0 atom stereocenters. The molecule has 1 aliphatic heterocycles. The Morgan fingerprint density at radius 1 is 1.03 bits per heavy atom. The van der Waals surface area contributed by atoms with Gasteiger partial charge in [-0.1, -0.05) is 12.5 Å². The lowest BCUT2D eigenvalue weighted by Crippen LogP contribution is -2.29. The fourth-order valence-electron chi connectivity index (χ4n) is 4.23. The van der Waals surface area contributed by atoms with Gasteiger partial charge in [-0.05, 0) is 62.7 Å². The van der Waals surface area contributed by atoms with Gasteiger partial charge in [0.15, 0.2) is 11.5 Å². The molecule has 1 aliphatic rings. The molecule has 0 saturated carbocycles. The Morgan fingerprint density at radius 3 is 2.47 bits per heavy atom. The van der Waals surface area contributed by atoms with Crippen LogP contribution in [0.1, 0.15) is 30.6 Å². The molecule has 4 rings (SSSR count). The highest BCUT2D eigenvalue weighted by molar-refractivity contribution is 5.86. The van der Waals surface area contributed by atoms with E-state index in [2.05, 4.69) is 4.90 Å². The lowest BCUT2D eigenvalue weighted by atomic mass is 10.00. The van der Waals surface area contributed by atoms with Crippen molar-refractivity contribution in [3.05, 3.63) is 51.9 Å². The van der Waals surface area contributed by atoms with E-state index in [4.69, 9.17) is 13.9 Å². The number of nitrogens with zero attached hydrogens (tertiary/aromatic N) is 1. The Labute approximate surface area is 175 Å². The number of benzene rings is 2. The molecule has 2 aromatic carbocycles. The van der Waals surface area contributed by atoms with Gasteiger partial charge in [-0.25, -0.2) is 0 Å². The topological polar surface area (TPSA) is 72.1 Å². The molecule has 6 heteroatoms. The zero-order valence-corrected chi connectivity index (χ0v) is 17.7. The number of piperidine rings is 1. The Balaban J connectivity index is 1.85. The van der Waals surface area contributed by atoms with Crippen molar-refractivity contribution < 1.29 is 19.0 Å². The van der Waals surface area contributed by atoms with Crippen molar-refractivity contribution >= 4 is 11.0 Å². The first kappa shape index (κ1) is 20.3. The number of likely N-dealkylation sites (tertiary alicyclic amines) is 1. The SMILES string of the molecule is COc1ccc(-c2c(C)oc3c(CN4CCCCC4)c(O)ccc3c2=O)cc1OC. The lowest BCUT2D eigenvalue weighted by molar-refractivity contribution is 0.218. The van der Waals surface area contributed by atoms with Gasteiger partial charge in [0.1, 0.15) is 17.1 Å². The number of methoxy groups -OCH3 is 2. The number of phenolic OH excluding ortho intramolecular Hbond substituents is 1. The van der Waals surface area contributed by atoms with Crippen LogP contribution in [0.2, 0.25) is 0 Å². The maximum absolute atomic E-state index is 13.4. The minimum atomic E-state index is -0.124. The molecule has 2 heterocycles. The van der Waals surface area contributed by atoms with Crippen molar-refractivity contribution in [2.75, 3.05) is 27.3 Å². The van der Waals surface area contributed by atoms with Crippen LogP contribution in [0, 0.1) is 6.92 Å². The monoisotopic (exact) mass is 409 g/mol. The summed E-state index contributed by atoms with van der Waals surface area (Å²) in [5.74, 6) is 1.81. The molecular weight excluding hydrogens is 382 g/mol. The highest BCUT2D eigenvalue weighted by Crippen LogP contribution is 2.35. The molecule has 0 radical (unpaired) electrons. The third-order valence-electron chi connectivity index (χ3n) is 5.82. The number of rotatable bonds is 5. The maximum atomic E-state index is 13.4. The summed E-state index contributed by atoms with van der Waals surface area (Å²) in [7, 11) is 3.14. The Hall–Kier alpha value is -2.99. The van der Waals surface area contributed by atoms with Crippen LogP contribution in [0.5, 0.6) is 17.2 Å². The number of aromatic hydroxyl groups is 1. The smallest absolute Gasteiger partial charge is 0.200 e. The van der Waals surface area contributed by atoms with Crippen molar-refractivity contribution in [3.63, 3.8) is 0 Å². The third-order valence-corrected chi connectivity index (χ3v) is 5.82. The fraction of sp³-hybridized carbons (Fsp3) is 0.375. The normalized spacial score (nSPS) is 14.8. The largest absolute Gasteiger partial charge is 0.507 e. The Bertz CT molecular complexity index is 1130. The molecule has 0 unspecified atom stereocenters. The van der Waals surface area contributed by atoms with Gasteiger partial charge >= 0.3 is 0 Å². The summed E-state index contributed by atoms with van der Waals surface area (Å²) in [5, 5.41) is 11.0. The van der Waals surface area contributed by atoms with Crippen molar-refractivity contribution in [1.82, 2.24) is 4.90 Å².